The SMILES string of the molecule is CN(C)[SiH]1[Si](C)(C)CC(C)(C)O[Si]1(C)C. The molecule has 0 aromatic carbocycles. The number of rotatable bonds is 1. The van der Waals surface area contributed by atoms with Crippen molar-refractivity contribution in [1.82, 2.24) is 4.57 Å². The number of hydrogen-bond acceptors (Lipinski definition) is 2. The van der Waals surface area contributed by atoms with Gasteiger partial charge < -0.3 is 8.99 Å². The maximum absolute atomic E-state index is 6.46. The molecule has 1 rings (SSSR count). The van der Waals surface area contributed by atoms with Crippen molar-refractivity contribution in [3.8, 4) is 0 Å². The van der Waals surface area contributed by atoms with Crippen LogP contribution in [0.3, 0.4) is 0 Å². The number of nitrogens with zero attached hydrogens (tertiary/aromatic N) is 1. The lowest BCUT2D eigenvalue weighted by Gasteiger charge is -2.54. The normalized spacial score (nSPS) is 33.0. The zero-order valence-electron chi connectivity index (χ0n) is 11.6. The quantitative estimate of drug-likeness (QED) is 0.671. The van der Waals surface area contributed by atoms with Crippen LogP contribution in [-0.2, 0) is 4.43 Å². The Bertz CT molecular complexity index is 231. The smallest absolute Gasteiger partial charge is 0.185 e. The van der Waals surface area contributed by atoms with Crippen LogP contribution in [-0.4, -0.2) is 47.7 Å². The van der Waals surface area contributed by atoms with Crippen LogP contribution in [0.2, 0.25) is 32.2 Å². The third-order valence-electron chi connectivity index (χ3n) is 3.34. The highest BCUT2D eigenvalue weighted by Gasteiger charge is 2.55. The molecule has 0 aromatic rings. The van der Waals surface area contributed by atoms with Crippen molar-refractivity contribution in [2.45, 2.75) is 51.7 Å². The van der Waals surface area contributed by atoms with E-state index < -0.39 is 23.4 Å². The van der Waals surface area contributed by atoms with Gasteiger partial charge in [0.2, 0.25) is 0 Å². The summed E-state index contributed by atoms with van der Waals surface area (Å²) < 4.78 is 9.03. The first-order valence-corrected chi connectivity index (χ1v) is 16.1. The van der Waals surface area contributed by atoms with Crippen molar-refractivity contribution >= 4 is 23.4 Å². The maximum Gasteiger partial charge on any atom is 0.185 e. The standard InChI is InChI=1S/C10H27NOSi3/c1-10(2)9-14(5,6)13(11(3)4)15(7,8)12-10/h13H,9H2,1-8H3. The van der Waals surface area contributed by atoms with E-state index in [1.54, 1.807) is 0 Å². The van der Waals surface area contributed by atoms with Crippen LogP contribution in [0.15, 0.2) is 0 Å². The van der Waals surface area contributed by atoms with Gasteiger partial charge in [-0.2, -0.15) is 0 Å². The Labute approximate surface area is 98.4 Å². The molecule has 0 N–H and O–H groups in total. The lowest BCUT2D eigenvalue weighted by atomic mass is 10.2. The van der Waals surface area contributed by atoms with Gasteiger partial charge in [-0.05, 0) is 47.1 Å². The Morgan fingerprint density at radius 1 is 1.13 bits per heavy atom. The third kappa shape index (κ3) is 2.82. The molecule has 0 radical (unpaired) electrons. The van der Waals surface area contributed by atoms with Gasteiger partial charge in [0, 0.05) is 5.60 Å². The molecule has 2 nitrogen and oxygen atoms in total. The molecule has 90 valence electrons. The summed E-state index contributed by atoms with van der Waals surface area (Å²) in [5.41, 5.74) is 0.144. The fourth-order valence-corrected chi connectivity index (χ4v) is 48.3. The molecule has 5 heteroatoms. The van der Waals surface area contributed by atoms with Gasteiger partial charge in [-0.15, -0.1) is 0 Å². The second-order valence-electron chi connectivity index (χ2n) is 7.00. The summed E-state index contributed by atoms with van der Waals surface area (Å²) in [6.45, 7) is 14.6. The first-order chi connectivity index (χ1) is 6.48. The predicted molar refractivity (Wildman–Crippen MR) is 75.8 cm³/mol. The molecule has 0 aromatic heterocycles. The highest BCUT2D eigenvalue weighted by Crippen LogP contribution is 2.38. The van der Waals surface area contributed by atoms with E-state index in [-0.39, 0.29) is 5.60 Å². The molecule has 1 unspecified atom stereocenters. The van der Waals surface area contributed by atoms with Gasteiger partial charge in [0.25, 0.3) is 0 Å². The Hall–Kier alpha value is 0.571. The fraction of sp³-hybridized carbons (Fsp3) is 1.00. The van der Waals surface area contributed by atoms with Crippen LogP contribution in [0, 0.1) is 0 Å². The van der Waals surface area contributed by atoms with Gasteiger partial charge in [-0.25, -0.2) is 0 Å². The molecule has 1 heterocycles. The van der Waals surface area contributed by atoms with Crippen molar-refractivity contribution in [3.63, 3.8) is 0 Å². The molecule has 0 aliphatic carbocycles. The van der Waals surface area contributed by atoms with Crippen molar-refractivity contribution in [1.29, 1.82) is 0 Å². The Kier molecular flexibility index (Phi) is 3.45. The van der Waals surface area contributed by atoms with Gasteiger partial charge in [0.1, 0.15) is 7.99 Å². The second-order valence-corrected chi connectivity index (χ2v) is 30.4. The third-order valence-corrected chi connectivity index (χ3v) is 35.8. The Morgan fingerprint density at radius 2 is 1.60 bits per heavy atom. The minimum atomic E-state index is -1.43. The zero-order chi connectivity index (χ0) is 12.1. The molecule has 0 bridgehead atoms. The average molecular weight is 262 g/mol. The highest BCUT2D eigenvalue weighted by molar-refractivity contribution is 7.58. The molecule has 1 saturated heterocycles. The molecular formula is C10H27NOSi3. The maximum atomic E-state index is 6.46. The fourth-order valence-electron chi connectivity index (χ4n) is 4.26. The number of hydrogen-bond donors (Lipinski definition) is 0. The summed E-state index contributed by atoms with van der Waals surface area (Å²) in [5, 5.41) is 0. The van der Waals surface area contributed by atoms with Crippen LogP contribution < -0.4 is 0 Å². The van der Waals surface area contributed by atoms with E-state index in [4.69, 9.17) is 4.43 Å². The van der Waals surface area contributed by atoms with E-state index in [1.165, 1.54) is 6.04 Å². The Balaban J connectivity index is 3.07. The summed E-state index contributed by atoms with van der Waals surface area (Å²) in [7, 11) is 1.27. The van der Waals surface area contributed by atoms with Crippen molar-refractivity contribution in [3.05, 3.63) is 0 Å². The van der Waals surface area contributed by atoms with Gasteiger partial charge in [0.05, 0.1) is 7.59 Å². The van der Waals surface area contributed by atoms with E-state index in [1.807, 2.05) is 0 Å². The van der Waals surface area contributed by atoms with Gasteiger partial charge >= 0.3 is 0 Å². The summed E-state index contributed by atoms with van der Waals surface area (Å²) in [6, 6.07) is 1.34. The van der Waals surface area contributed by atoms with Crippen molar-refractivity contribution in [2.75, 3.05) is 14.1 Å². The van der Waals surface area contributed by atoms with Gasteiger partial charge in [0.15, 0.2) is 7.83 Å². The minimum absolute atomic E-state index is 0.144. The van der Waals surface area contributed by atoms with Gasteiger partial charge in [-0.1, -0.05) is 13.1 Å². The zero-order valence-corrected chi connectivity index (χ0v) is 14.8. The summed E-state index contributed by atoms with van der Waals surface area (Å²) in [4.78, 5) is 0. The van der Waals surface area contributed by atoms with Crippen LogP contribution in [0.1, 0.15) is 13.8 Å². The first-order valence-electron chi connectivity index (χ1n) is 5.85. The molecule has 1 atom stereocenters. The summed E-state index contributed by atoms with van der Waals surface area (Å²) in [5.74, 6) is 0. The van der Waals surface area contributed by atoms with Crippen LogP contribution >= 0.6 is 0 Å². The van der Waals surface area contributed by atoms with Crippen molar-refractivity contribution in [2.24, 2.45) is 0 Å². The monoisotopic (exact) mass is 261 g/mol. The Morgan fingerprint density at radius 3 is 1.93 bits per heavy atom. The van der Waals surface area contributed by atoms with E-state index >= 15 is 0 Å². The van der Waals surface area contributed by atoms with E-state index in [9.17, 15) is 0 Å². The molecule has 15 heavy (non-hydrogen) atoms. The first kappa shape index (κ1) is 13.6. The van der Waals surface area contributed by atoms with Crippen LogP contribution in [0.5, 0.6) is 0 Å². The van der Waals surface area contributed by atoms with Crippen molar-refractivity contribution < 1.29 is 4.43 Å². The van der Waals surface area contributed by atoms with Crippen LogP contribution in [0.25, 0.3) is 0 Å². The van der Waals surface area contributed by atoms with E-state index in [0.29, 0.717) is 0 Å². The summed E-state index contributed by atoms with van der Waals surface area (Å²) >= 11 is 0. The summed E-state index contributed by atoms with van der Waals surface area (Å²) in [6.07, 6.45) is 0. The highest BCUT2D eigenvalue weighted by atomic mass is 29.6. The topological polar surface area (TPSA) is 12.5 Å². The minimum Gasteiger partial charge on any atom is -0.414 e. The molecule has 1 aliphatic rings. The molecule has 0 spiro atoms. The van der Waals surface area contributed by atoms with E-state index in [0.717, 1.165) is 0 Å². The second kappa shape index (κ2) is 3.80. The molecule has 1 aliphatic heterocycles. The molecular weight excluding hydrogens is 234 g/mol. The molecule has 1 fully saturated rings. The average Bonchev–Trinajstić information content (AvgIpc) is 1.71. The molecule has 0 amide bonds. The van der Waals surface area contributed by atoms with Crippen LogP contribution in [0.4, 0.5) is 0 Å². The largest absolute Gasteiger partial charge is 0.414 e. The predicted octanol–water partition coefficient (Wildman–Crippen LogP) is 2.15. The van der Waals surface area contributed by atoms with Gasteiger partial charge in [-0.3, -0.25) is 0 Å². The van der Waals surface area contributed by atoms with E-state index in [2.05, 4.69) is 58.7 Å². The lowest BCUT2D eigenvalue weighted by molar-refractivity contribution is 0.122. The molecule has 0 saturated carbocycles. The lowest BCUT2D eigenvalue weighted by Crippen LogP contribution is -2.75.